The fraction of sp³-hybridized carbons (Fsp3) is 0.115. The highest BCUT2D eigenvalue weighted by Crippen LogP contribution is 2.28. The van der Waals surface area contributed by atoms with Gasteiger partial charge in [-0.3, -0.25) is 4.79 Å². The van der Waals surface area contributed by atoms with Crippen molar-refractivity contribution in [2.24, 2.45) is 0 Å². The largest absolute Gasteiger partial charge is 0.480 e. The molecule has 0 radical (unpaired) electrons. The maximum absolute atomic E-state index is 11.7. The number of benzene rings is 4. The van der Waals surface area contributed by atoms with Crippen LogP contribution in [-0.4, -0.2) is 17.1 Å². The number of fused-ring (bicyclic) bond motifs is 1. The maximum atomic E-state index is 11.7. The Morgan fingerprint density at radius 2 is 1.45 bits per heavy atom. The zero-order valence-electron chi connectivity index (χ0n) is 16.1. The maximum Gasteiger partial charge on any atom is 0.321 e. The Labute approximate surface area is 170 Å². The highest BCUT2D eigenvalue weighted by atomic mass is 16.4. The molecular formula is C26H23NO2. The van der Waals surface area contributed by atoms with Crippen LogP contribution in [0.2, 0.25) is 0 Å². The minimum atomic E-state index is -0.834. The zero-order valence-corrected chi connectivity index (χ0v) is 16.1. The van der Waals surface area contributed by atoms with Gasteiger partial charge in [0.15, 0.2) is 0 Å². The van der Waals surface area contributed by atoms with Gasteiger partial charge in [0.2, 0.25) is 0 Å². The predicted octanol–water partition coefficient (Wildman–Crippen LogP) is 5.29. The van der Waals surface area contributed by atoms with E-state index in [1.165, 1.54) is 16.3 Å². The molecule has 144 valence electrons. The molecule has 0 aliphatic carbocycles. The van der Waals surface area contributed by atoms with E-state index in [1.54, 1.807) is 0 Å². The molecule has 0 unspecified atom stereocenters. The lowest BCUT2D eigenvalue weighted by atomic mass is 9.96. The van der Waals surface area contributed by atoms with E-state index in [0.717, 1.165) is 16.7 Å². The van der Waals surface area contributed by atoms with Crippen LogP contribution in [0.3, 0.4) is 0 Å². The molecule has 4 rings (SSSR count). The van der Waals surface area contributed by atoms with E-state index >= 15 is 0 Å². The Morgan fingerprint density at radius 3 is 2.21 bits per heavy atom. The number of carboxylic acids is 1. The van der Waals surface area contributed by atoms with Gasteiger partial charge < -0.3 is 10.4 Å². The Hall–Kier alpha value is -3.43. The van der Waals surface area contributed by atoms with Crippen LogP contribution >= 0.6 is 0 Å². The van der Waals surface area contributed by atoms with Gasteiger partial charge in [0, 0.05) is 6.54 Å². The third kappa shape index (κ3) is 4.53. The fourth-order valence-electron chi connectivity index (χ4n) is 3.62. The first kappa shape index (κ1) is 18.9. The lowest BCUT2D eigenvalue weighted by Crippen LogP contribution is -2.38. The molecular weight excluding hydrogens is 358 g/mol. The number of hydrogen-bond acceptors (Lipinski definition) is 2. The first-order valence-corrected chi connectivity index (χ1v) is 9.78. The monoisotopic (exact) mass is 381 g/mol. The number of carbonyl (C=O) groups is 1. The van der Waals surface area contributed by atoms with E-state index in [2.05, 4.69) is 53.8 Å². The number of hydrogen-bond donors (Lipinski definition) is 2. The minimum Gasteiger partial charge on any atom is -0.480 e. The van der Waals surface area contributed by atoms with Gasteiger partial charge in [-0.15, -0.1) is 0 Å². The molecule has 0 heterocycles. The van der Waals surface area contributed by atoms with Gasteiger partial charge in [0.1, 0.15) is 6.04 Å². The molecule has 0 amide bonds. The molecule has 0 aromatic heterocycles. The summed E-state index contributed by atoms with van der Waals surface area (Å²) in [5.41, 5.74) is 4.40. The molecule has 3 nitrogen and oxygen atoms in total. The Balaban J connectivity index is 1.50. The highest BCUT2D eigenvalue weighted by molar-refractivity contribution is 5.96. The van der Waals surface area contributed by atoms with Crippen LogP contribution in [0.15, 0.2) is 97.1 Å². The Bertz CT molecular complexity index is 1100. The summed E-state index contributed by atoms with van der Waals surface area (Å²) in [5.74, 6) is -0.834. The second-order valence-corrected chi connectivity index (χ2v) is 7.19. The first-order chi connectivity index (χ1) is 14.2. The van der Waals surface area contributed by atoms with Crippen molar-refractivity contribution in [3.63, 3.8) is 0 Å². The number of aliphatic carboxylic acids is 1. The second-order valence-electron chi connectivity index (χ2n) is 7.19. The molecule has 0 aliphatic heterocycles. The van der Waals surface area contributed by atoms with Crippen LogP contribution in [0, 0.1) is 0 Å². The van der Waals surface area contributed by atoms with Crippen molar-refractivity contribution in [1.29, 1.82) is 0 Å². The third-order valence-electron chi connectivity index (χ3n) is 5.19. The fourth-order valence-corrected chi connectivity index (χ4v) is 3.62. The number of nitrogens with one attached hydrogen (secondary N) is 1. The van der Waals surface area contributed by atoms with E-state index in [9.17, 15) is 9.90 Å². The van der Waals surface area contributed by atoms with Gasteiger partial charge in [-0.05, 0) is 39.4 Å². The summed E-state index contributed by atoms with van der Waals surface area (Å²) in [5, 5.41) is 15.2. The van der Waals surface area contributed by atoms with E-state index in [1.807, 2.05) is 48.5 Å². The van der Waals surface area contributed by atoms with Gasteiger partial charge in [-0.1, -0.05) is 97.1 Å². The number of rotatable bonds is 7. The summed E-state index contributed by atoms with van der Waals surface area (Å²) in [7, 11) is 0. The van der Waals surface area contributed by atoms with Crippen molar-refractivity contribution >= 4 is 16.7 Å². The quantitative estimate of drug-likeness (QED) is 0.457. The summed E-state index contributed by atoms with van der Waals surface area (Å²) in [6, 6.07) is 32.1. The van der Waals surface area contributed by atoms with Gasteiger partial charge in [0.25, 0.3) is 0 Å². The van der Waals surface area contributed by atoms with Crippen LogP contribution in [0.1, 0.15) is 11.1 Å². The summed E-state index contributed by atoms with van der Waals surface area (Å²) in [4.78, 5) is 11.7. The molecule has 0 saturated heterocycles. The third-order valence-corrected chi connectivity index (χ3v) is 5.19. The van der Waals surface area contributed by atoms with Gasteiger partial charge in [-0.25, -0.2) is 0 Å². The molecule has 0 spiro atoms. The second kappa shape index (κ2) is 8.72. The molecule has 0 bridgehead atoms. The van der Waals surface area contributed by atoms with Crippen molar-refractivity contribution in [3.05, 3.63) is 108 Å². The van der Waals surface area contributed by atoms with Crippen LogP contribution < -0.4 is 5.32 Å². The molecule has 4 aromatic rings. The van der Waals surface area contributed by atoms with Crippen molar-refractivity contribution in [2.45, 2.75) is 19.0 Å². The summed E-state index contributed by atoms with van der Waals surface area (Å²) >= 11 is 0. The predicted molar refractivity (Wildman–Crippen MR) is 118 cm³/mol. The molecule has 29 heavy (non-hydrogen) atoms. The Kier molecular flexibility index (Phi) is 5.68. The SMILES string of the molecule is O=C(O)[C@H](Cc1ccc(-c2cccc3ccccc23)cc1)NCc1ccccc1. The van der Waals surface area contributed by atoms with Crippen LogP contribution in [0.25, 0.3) is 21.9 Å². The van der Waals surface area contributed by atoms with Crippen molar-refractivity contribution < 1.29 is 9.90 Å². The van der Waals surface area contributed by atoms with Gasteiger partial charge >= 0.3 is 5.97 Å². The molecule has 3 heteroatoms. The molecule has 0 saturated carbocycles. The molecule has 0 aliphatic rings. The normalized spacial score (nSPS) is 12.0. The highest BCUT2D eigenvalue weighted by Gasteiger charge is 2.17. The summed E-state index contributed by atoms with van der Waals surface area (Å²) in [6.45, 7) is 0.534. The van der Waals surface area contributed by atoms with E-state index < -0.39 is 12.0 Å². The van der Waals surface area contributed by atoms with Crippen molar-refractivity contribution in [1.82, 2.24) is 5.32 Å². The van der Waals surface area contributed by atoms with E-state index in [-0.39, 0.29) is 0 Å². The minimum absolute atomic E-state index is 0.442. The average Bonchev–Trinajstić information content (AvgIpc) is 2.77. The van der Waals surface area contributed by atoms with Crippen molar-refractivity contribution in [3.8, 4) is 11.1 Å². The average molecular weight is 381 g/mol. The number of carboxylic acid groups (broad SMARTS) is 1. The van der Waals surface area contributed by atoms with E-state index in [0.29, 0.717) is 13.0 Å². The van der Waals surface area contributed by atoms with Gasteiger partial charge in [-0.2, -0.15) is 0 Å². The smallest absolute Gasteiger partial charge is 0.321 e. The first-order valence-electron chi connectivity index (χ1n) is 9.78. The summed E-state index contributed by atoms with van der Waals surface area (Å²) < 4.78 is 0. The standard InChI is InChI=1S/C26H23NO2/c28-26(29)25(27-18-20-7-2-1-3-8-20)17-19-13-15-22(16-14-19)24-12-6-10-21-9-4-5-11-23(21)24/h1-16,25,27H,17-18H2,(H,28,29)/t25-/m0/s1. The Morgan fingerprint density at radius 1 is 0.759 bits per heavy atom. The summed E-state index contributed by atoms with van der Waals surface area (Å²) in [6.07, 6.45) is 0.442. The van der Waals surface area contributed by atoms with Crippen LogP contribution in [0.5, 0.6) is 0 Å². The lowest BCUT2D eigenvalue weighted by Gasteiger charge is -2.15. The molecule has 4 aromatic carbocycles. The van der Waals surface area contributed by atoms with E-state index in [4.69, 9.17) is 0 Å². The van der Waals surface area contributed by atoms with Crippen LogP contribution in [-0.2, 0) is 17.8 Å². The lowest BCUT2D eigenvalue weighted by molar-refractivity contribution is -0.139. The van der Waals surface area contributed by atoms with Crippen molar-refractivity contribution in [2.75, 3.05) is 0 Å². The zero-order chi connectivity index (χ0) is 20.1. The van der Waals surface area contributed by atoms with Gasteiger partial charge in [0.05, 0.1) is 0 Å². The van der Waals surface area contributed by atoms with Crippen LogP contribution in [0.4, 0.5) is 0 Å². The molecule has 1 atom stereocenters. The topological polar surface area (TPSA) is 49.3 Å². The molecule has 0 fully saturated rings. The molecule has 2 N–H and O–H groups in total.